The summed E-state index contributed by atoms with van der Waals surface area (Å²) in [6.45, 7) is 1.25. The number of hydrogen-bond donors (Lipinski definition) is 1. The molecule has 2 rings (SSSR count). The number of piperidine rings is 1. The molecule has 0 spiro atoms. The molecule has 1 aromatic rings. The highest BCUT2D eigenvalue weighted by Gasteiger charge is 2.27. The third kappa shape index (κ3) is 5.59. The molecule has 3 nitrogen and oxygen atoms in total. The van der Waals surface area contributed by atoms with Gasteiger partial charge in [0.1, 0.15) is 0 Å². The van der Waals surface area contributed by atoms with Crippen molar-refractivity contribution < 1.29 is 13.6 Å². The van der Waals surface area contributed by atoms with Gasteiger partial charge in [0.2, 0.25) is 5.91 Å². The van der Waals surface area contributed by atoms with Crippen LogP contribution < -0.4 is 5.32 Å². The normalized spacial score (nSPS) is 18.1. The van der Waals surface area contributed by atoms with E-state index in [0.29, 0.717) is 6.54 Å². The van der Waals surface area contributed by atoms with Crippen molar-refractivity contribution >= 4 is 18.3 Å². The molecule has 1 amide bonds. The van der Waals surface area contributed by atoms with E-state index < -0.39 is 13.0 Å². The minimum atomic E-state index is -2.50. The second kappa shape index (κ2) is 8.95. The molecule has 1 fully saturated rings. The molecule has 118 valence electrons. The van der Waals surface area contributed by atoms with E-state index in [0.717, 1.165) is 24.9 Å². The highest BCUT2D eigenvalue weighted by molar-refractivity contribution is 5.85. The number of rotatable bonds is 5. The maximum atomic E-state index is 12.7. The molecule has 0 bridgehead atoms. The van der Waals surface area contributed by atoms with Crippen molar-refractivity contribution in [3.8, 4) is 0 Å². The minimum Gasteiger partial charge on any atom is -0.332 e. The zero-order valence-corrected chi connectivity index (χ0v) is 12.6. The van der Waals surface area contributed by atoms with Gasteiger partial charge in [-0.3, -0.25) is 4.79 Å². The summed E-state index contributed by atoms with van der Waals surface area (Å²) in [6, 6.07) is 9.27. The van der Waals surface area contributed by atoms with Gasteiger partial charge >= 0.3 is 0 Å². The van der Waals surface area contributed by atoms with Crippen molar-refractivity contribution in [2.24, 2.45) is 5.92 Å². The average Bonchev–Trinajstić information content (AvgIpc) is 2.47. The molecule has 1 saturated heterocycles. The molecule has 1 N–H and O–H groups in total. The number of carbonyl (C=O) groups is 1. The number of hydrogen-bond acceptors (Lipinski definition) is 2. The summed E-state index contributed by atoms with van der Waals surface area (Å²) >= 11 is 0. The fraction of sp³-hybridized carbons (Fsp3) is 0.533. The number of amides is 1. The van der Waals surface area contributed by atoms with E-state index in [1.807, 2.05) is 30.3 Å². The highest BCUT2D eigenvalue weighted by Crippen LogP contribution is 2.16. The Hall–Kier alpha value is -1.20. The van der Waals surface area contributed by atoms with Gasteiger partial charge in [0, 0.05) is 13.1 Å². The molecule has 6 heteroatoms. The van der Waals surface area contributed by atoms with Gasteiger partial charge in [-0.05, 0) is 24.9 Å². The first kappa shape index (κ1) is 17.9. The van der Waals surface area contributed by atoms with Crippen molar-refractivity contribution in [1.82, 2.24) is 10.2 Å². The molecular weight excluding hydrogens is 298 g/mol. The lowest BCUT2D eigenvalue weighted by Gasteiger charge is -2.29. The van der Waals surface area contributed by atoms with Crippen LogP contribution in [0.3, 0.4) is 0 Å². The molecule has 1 aliphatic rings. The molecule has 0 radical (unpaired) electrons. The van der Waals surface area contributed by atoms with Gasteiger partial charge in [-0.1, -0.05) is 30.3 Å². The van der Waals surface area contributed by atoms with Gasteiger partial charge in [-0.15, -0.1) is 12.4 Å². The molecule has 0 saturated carbocycles. The molecule has 1 atom stereocenters. The first-order valence-corrected chi connectivity index (χ1v) is 6.98. The Morgan fingerprint density at radius 1 is 1.33 bits per heavy atom. The highest BCUT2D eigenvalue weighted by atomic mass is 35.5. The van der Waals surface area contributed by atoms with Gasteiger partial charge in [0.25, 0.3) is 6.43 Å². The summed E-state index contributed by atoms with van der Waals surface area (Å²) in [4.78, 5) is 13.7. The summed E-state index contributed by atoms with van der Waals surface area (Å²) in [5.74, 6) is -0.340. The van der Waals surface area contributed by atoms with Gasteiger partial charge in [-0.25, -0.2) is 8.78 Å². The van der Waals surface area contributed by atoms with Crippen LogP contribution in [0.15, 0.2) is 30.3 Å². The van der Waals surface area contributed by atoms with Gasteiger partial charge in [-0.2, -0.15) is 0 Å². The quantitative estimate of drug-likeness (QED) is 0.905. The lowest BCUT2D eigenvalue weighted by atomic mass is 9.98. The molecule has 1 unspecified atom stereocenters. The molecule has 0 aliphatic carbocycles. The Morgan fingerprint density at radius 3 is 2.62 bits per heavy atom. The Morgan fingerprint density at radius 2 is 2.05 bits per heavy atom. The molecule has 0 aromatic heterocycles. The zero-order valence-electron chi connectivity index (χ0n) is 11.8. The first-order valence-electron chi connectivity index (χ1n) is 6.98. The Bertz CT molecular complexity index is 425. The Balaban J connectivity index is 0.00000220. The van der Waals surface area contributed by atoms with Gasteiger partial charge < -0.3 is 10.2 Å². The summed E-state index contributed by atoms with van der Waals surface area (Å²) in [7, 11) is 0. The lowest BCUT2D eigenvalue weighted by Crippen LogP contribution is -2.44. The number of nitrogens with one attached hydrogen (secondary N) is 1. The van der Waals surface area contributed by atoms with Crippen molar-refractivity contribution in [3.63, 3.8) is 0 Å². The maximum Gasteiger partial charge on any atom is 0.255 e. The number of halogens is 3. The predicted molar refractivity (Wildman–Crippen MR) is 80.7 cm³/mol. The van der Waals surface area contributed by atoms with E-state index in [-0.39, 0.29) is 30.8 Å². The standard InChI is InChI=1S/C15H20F2N2O.ClH/c16-14(17)11-19(10-12-5-2-1-3-6-12)15(20)13-7-4-8-18-9-13;/h1-3,5-6,13-14,18H,4,7-11H2;1H. The zero-order chi connectivity index (χ0) is 14.4. The van der Waals surface area contributed by atoms with E-state index in [1.54, 1.807) is 0 Å². The van der Waals surface area contributed by atoms with Crippen LogP contribution in [0.5, 0.6) is 0 Å². The van der Waals surface area contributed by atoms with E-state index in [4.69, 9.17) is 0 Å². The van der Waals surface area contributed by atoms with E-state index in [2.05, 4.69) is 5.32 Å². The average molecular weight is 319 g/mol. The van der Waals surface area contributed by atoms with Crippen molar-refractivity contribution in [3.05, 3.63) is 35.9 Å². The van der Waals surface area contributed by atoms with Crippen LogP contribution in [0.4, 0.5) is 8.78 Å². The van der Waals surface area contributed by atoms with Crippen molar-refractivity contribution in [2.45, 2.75) is 25.8 Å². The molecule has 1 aliphatic heterocycles. The molecular formula is C15H21ClF2N2O. The topological polar surface area (TPSA) is 32.3 Å². The fourth-order valence-corrected chi connectivity index (χ4v) is 2.52. The van der Waals surface area contributed by atoms with Gasteiger partial charge in [0.05, 0.1) is 12.5 Å². The molecule has 1 heterocycles. The Kier molecular flexibility index (Phi) is 7.61. The minimum absolute atomic E-state index is 0. The van der Waals surface area contributed by atoms with Gasteiger partial charge in [0.15, 0.2) is 0 Å². The SMILES string of the molecule is Cl.O=C(C1CCCNC1)N(Cc1ccccc1)CC(F)F. The second-order valence-corrected chi connectivity index (χ2v) is 5.14. The number of benzene rings is 1. The third-order valence-corrected chi connectivity index (χ3v) is 3.53. The molecule has 1 aromatic carbocycles. The maximum absolute atomic E-state index is 12.7. The largest absolute Gasteiger partial charge is 0.332 e. The first-order chi connectivity index (χ1) is 9.66. The third-order valence-electron chi connectivity index (χ3n) is 3.53. The van der Waals surface area contributed by atoms with E-state index in [9.17, 15) is 13.6 Å². The van der Waals surface area contributed by atoms with Crippen LogP contribution in [0.1, 0.15) is 18.4 Å². The summed E-state index contributed by atoms with van der Waals surface area (Å²) in [5.41, 5.74) is 0.880. The Labute approximate surface area is 130 Å². The van der Waals surface area contributed by atoms with Crippen molar-refractivity contribution in [2.75, 3.05) is 19.6 Å². The van der Waals surface area contributed by atoms with E-state index in [1.165, 1.54) is 4.90 Å². The second-order valence-electron chi connectivity index (χ2n) is 5.14. The van der Waals surface area contributed by atoms with Crippen LogP contribution in [0.25, 0.3) is 0 Å². The number of carbonyl (C=O) groups excluding carboxylic acids is 1. The fourth-order valence-electron chi connectivity index (χ4n) is 2.52. The van der Waals surface area contributed by atoms with Crippen molar-refractivity contribution in [1.29, 1.82) is 0 Å². The lowest BCUT2D eigenvalue weighted by molar-refractivity contribution is -0.138. The van der Waals surface area contributed by atoms with E-state index >= 15 is 0 Å². The number of alkyl halides is 2. The van der Waals surface area contributed by atoms with Crippen LogP contribution in [-0.4, -0.2) is 36.9 Å². The van der Waals surface area contributed by atoms with Crippen LogP contribution in [-0.2, 0) is 11.3 Å². The smallest absolute Gasteiger partial charge is 0.255 e. The predicted octanol–water partition coefficient (Wildman–Crippen LogP) is 2.70. The summed E-state index contributed by atoms with van der Waals surface area (Å²) in [6.07, 6.45) is -0.802. The van der Waals surface area contributed by atoms with Crippen LogP contribution in [0.2, 0.25) is 0 Å². The summed E-state index contributed by atoms with van der Waals surface area (Å²) < 4.78 is 25.4. The summed E-state index contributed by atoms with van der Waals surface area (Å²) in [5, 5.41) is 3.15. The molecule has 21 heavy (non-hydrogen) atoms. The van der Waals surface area contributed by atoms with Crippen LogP contribution in [0, 0.1) is 5.92 Å². The monoisotopic (exact) mass is 318 g/mol. The number of nitrogens with zero attached hydrogens (tertiary/aromatic N) is 1. The van der Waals surface area contributed by atoms with Crippen LogP contribution >= 0.6 is 12.4 Å².